The minimum atomic E-state index is -0.335. The Morgan fingerprint density at radius 3 is 2.20 bits per heavy atom. The van der Waals surface area contributed by atoms with E-state index in [9.17, 15) is 4.79 Å². The van der Waals surface area contributed by atoms with E-state index in [1.807, 2.05) is 12.1 Å². The van der Waals surface area contributed by atoms with Crippen LogP contribution in [0.3, 0.4) is 0 Å². The van der Waals surface area contributed by atoms with E-state index in [0.29, 0.717) is 6.54 Å². The molecule has 0 bridgehead atoms. The lowest BCUT2D eigenvalue weighted by Crippen LogP contribution is -2.21. The van der Waals surface area contributed by atoms with E-state index in [0.717, 1.165) is 12.0 Å². The van der Waals surface area contributed by atoms with E-state index in [4.69, 9.17) is 4.74 Å². The van der Waals surface area contributed by atoms with Crippen molar-refractivity contribution in [3.05, 3.63) is 59.7 Å². The van der Waals surface area contributed by atoms with Gasteiger partial charge in [0.25, 0.3) is 0 Å². The Labute approximate surface area is 148 Å². The standard InChI is InChI=1S/C21H24N2O2/c24-21-22-15-20(25-21)19-9-7-18(8-10-19)17-5-3-16(4-6-17)11-14-23-12-1-2-13-23/h3-10,20H,1-2,11-15H2,(H,22,24). The normalized spacial score (nSPS) is 20.5. The molecule has 4 heteroatoms. The van der Waals surface area contributed by atoms with Crippen molar-refractivity contribution in [2.45, 2.75) is 25.4 Å². The van der Waals surface area contributed by atoms with E-state index in [2.05, 4.69) is 46.6 Å². The number of cyclic esters (lactones) is 1. The molecule has 0 aromatic heterocycles. The molecule has 2 aromatic rings. The van der Waals surface area contributed by atoms with Crippen LogP contribution in [-0.2, 0) is 11.2 Å². The van der Waals surface area contributed by atoms with Gasteiger partial charge < -0.3 is 15.0 Å². The molecule has 1 unspecified atom stereocenters. The number of benzene rings is 2. The summed E-state index contributed by atoms with van der Waals surface area (Å²) in [6.45, 7) is 4.23. The minimum Gasteiger partial charge on any atom is -0.439 e. The van der Waals surface area contributed by atoms with Crippen molar-refractivity contribution >= 4 is 6.09 Å². The van der Waals surface area contributed by atoms with E-state index in [1.165, 1.54) is 49.2 Å². The van der Waals surface area contributed by atoms with Gasteiger partial charge in [0, 0.05) is 6.54 Å². The van der Waals surface area contributed by atoms with Gasteiger partial charge in [-0.2, -0.15) is 0 Å². The Balaban J connectivity index is 1.38. The highest BCUT2D eigenvalue weighted by Gasteiger charge is 2.23. The number of rotatable bonds is 5. The lowest BCUT2D eigenvalue weighted by atomic mass is 10.00. The van der Waals surface area contributed by atoms with Gasteiger partial charge in [-0.1, -0.05) is 48.5 Å². The topological polar surface area (TPSA) is 41.6 Å². The van der Waals surface area contributed by atoms with Crippen molar-refractivity contribution in [3.8, 4) is 11.1 Å². The molecule has 2 fully saturated rings. The zero-order valence-corrected chi connectivity index (χ0v) is 14.4. The Bertz CT molecular complexity index is 719. The number of amides is 1. The molecule has 2 saturated heterocycles. The third-order valence-electron chi connectivity index (χ3n) is 5.17. The summed E-state index contributed by atoms with van der Waals surface area (Å²) in [5.41, 5.74) is 4.84. The number of likely N-dealkylation sites (tertiary alicyclic amines) is 1. The summed E-state index contributed by atoms with van der Waals surface area (Å²) < 4.78 is 5.22. The average Bonchev–Trinajstić information content (AvgIpc) is 3.32. The number of carbonyl (C=O) groups excluding carboxylic acids is 1. The maximum Gasteiger partial charge on any atom is 0.407 e. The first kappa shape index (κ1) is 16.2. The zero-order chi connectivity index (χ0) is 17.1. The van der Waals surface area contributed by atoms with Crippen LogP contribution in [0.2, 0.25) is 0 Å². The molecule has 0 saturated carbocycles. The van der Waals surface area contributed by atoms with Gasteiger partial charge >= 0.3 is 6.09 Å². The number of nitrogens with one attached hydrogen (secondary N) is 1. The lowest BCUT2D eigenvalue weighted by Gasteiger charge is -2.14. The van der Waals surface area contributed by atoms with E-state index in [-0.39, 0.29) is 12.2 Å². The monoisotopic (exact) mass is 336 g/mol. The highest BCUT2D eigenvalue weighted by molar-refractivity contribution is 5.70. The Hall–Kier alpha value is -2.33. The first-order valence-electron chi connectivity index (χ1n) is 9.14. The molecule has 0 aliphatic carbocycles. The van der Waals surface area contributed by atoms with Crippen LogP contribution in [0.4, 0.5) is 4.79 Å². The van der Waals surface area contributed by atoms with Crippen LogP contribution in [0, 0.1) is 0 Å². The van der Waals surface area contributed by atoms with Crippen molar-refractivity contribution in [1.29, 1.82) is 0 Å². The third kappa shape index (κ3) is 3.85. The predicted octanol–water partition coefficient (Wildman–Crippen LogP) is 3.77. The first-order valence-corrected chi connectivity index (χ1v) is 9.14. The van der Waals surface area contributed by atoms with Gasteiger partial charge in [-0.25, -0.2) is 4.79 Å². The number of nitrogens with zero attached hydrogens (tertiary/aromatic N) is 1. The summed E-state index contributed by atoms with van der Waals surface area (Å²) >= 11 is 0. The van der Waals surface area contributed by atoms with Gasteiger partial charge in [-0.3, -0.25) is 0 Å². The summed E-state index contributed by atoms with van der Waals surface area (Å²) in [6, 6.07) is 17.2. The van der Waals surface area contributed by atoms with Gasteiger partial charge in [0.1, 0.15) is 6.10 Å². The van der Waals surface area contributed by atoms with Gasteiger partial charge in [0.05, 0.1) is 6.54 Å². The molecule has 25 heavy (non-hydrogen) atoms. The Morgan fingerprint density at radius 1 is 0.960 bits per heavy atom. The van der Waals surface area contributed by atoms with Gasteiger partial charge in [-0.05, 0) is 54.6 Å². The molecule has 1 atom stereocenters. The molecule has 4 nitrogen and oxygen atoms in total. The van der Waals surface area contributed by atoms with Crippen LogP contribution in [0.5, 0.6) is 0 Å². The fourth-order valence-corrected chi connectivity index (χ4v) is 3.62. The van der Waals surface area contributed by atoms with Gasteiger partial charge in [0.2, 0.25) is 0 Å². The number of hydrogen-bond acceptors (Lipinski definition) is 3. The molecule has 2 aromatic carbocycles. The fourth-order valence-electron chi connectivity index (χ4n) is 3.62. The van der Waals surface area contributed by atoms with Crippen LogP contribution in [0.1, 0.15) is 30.1 Å². The first-order chi connectivity index (χ1) is 12.3. The maximum atomic E-state index is 11.1. The molecular weight excluding hydrogens is 312 g/mol. The molecule has 2 aliphatic rings. The summed E-state index contributed by atoms with van der Waals surface area (Å²) in [4.78, 5) is 13.7. The van der Waals surface area contributed by atoms with E-state index >= 15 is 0 Å². The maximum absolute atomic E-state index is 11.1. The molecule has 130 valence electrons. The number of hydrogen-bond donors (Lipinski definition) is 1. The number of carbonyl (C=O) groups is 1. The number of alkyl carbamates (subject to hydrolysis) is 1. The lowest BCUT2D eigenvalue weighted by molar-refractivity contribution is 0.141. The van der Waals surface area contributed by atoms with Crippen LogP contribution in [-0.4, -0.2) is 37.2 Å². The SMILES string of the molecule is O=C1NCC(c2ccc(-c3ccc(CCN4CCCC4)cc3)cc2)O1. The molecule has 4 rings (SSSR count). The van der Waals surface area contributed by atoms with Crippen molar-refractivity contribution in [1.82, 2.24) is 10.2 Å². The van der Waals surface area contributed by atoms with E-state index in [1.54, 1.807) is 0 Å². The smallest absolute Gasteiger partial charge is 0.407 e. The third-order valence-corrected chi connectivity index (χ3v) is 5.17. The Kier molecular flexibility index (Phi) is 4.70. The van der Waals surface area contributed by atoms with Gasteiger partial charge in [-0.15, -0.1) is 0 Å². The summed E-state index contributed by atoms with van der Waals surface area (Å²) in [5, 5.41) is 2.69. The molecular formula is C21H24N2O2. The molecule has 2 aliphatic heterocycles. The van der Waals surface area contributed by atoms with Crippen LogP contribution < -0.4 is 5.32 Å². The fraction of sp³-hybridized carbons (Fsp3) is 0.381. The highest BCUT2D eigenvalue weighted by Crippen LogP contribution is 2.25. The average molecular weight is 336 g/mol. The molecule has 1 N–H and O–H groups in total. The predicted molar refractivity (Wildman–Crippen MR) is 98.5 cm³/mol. The second-order valence-corrected chi connectivity index (χ2v) is 6.89. The molecule has 0 spiro atoms. The second kappa shape index (κ2) is 7.28. The minimum absolute atomic E-state index is 0.172. The van der Waals surface area contributed by atoms with Crippen LogP contribution >= 0.6 is 0 Å². The molecule has 1 amide bonds. The zero-order valence-electron chi connectivity index (χ0n) is 14.4. The van der Waals surface area contributed by atoms with Crippen molar-refractivity contribution < 1.29 is 9.53 Å². The number of ether oxygens (including phenoxy) is 1. The summed E-state index contributed by atoms with van der Waals surface area (Å²) in [6.07, 6.45) is 3.32. The summed E-state index contributed by atoms with van der Waals surface area (Å²) in [5.74, 6) is 0. The van der Waals surface area contributed by atoms with E-state index < -0.39 is 0 Å². The molecule has 0 radical (unpaired) electrons. The summed E-state index contributed by atoms with van der Waals surface area (Å²) in [7, 11) is 0. The van der Waals surface area contributed by atoms with Gasteiger partial charge in [0.15, 0.2) is 0 Å². The highest BCUT2D eigenvalue weighted by atomic mass is 16.6. The largest absolute Gasteiger partial charge is 0.439 e. The van der Waals surface area contributed by atoms with Crippen molar-refractivity contribution in [3.63, 3.8) is 0 Å². The quantitative estimate of drug-likeness (QED) is 0.903. The van der Waals surface area contributed by atoms with Crippen LogP contribution in [0.25, 0.3) is 11.1 Å². The Morgan fingerprint density at radius 2 is 1.60 bits per heavy atom. The van der Waals surface area contributed by atoms with Crippen LogP contribution in [0.15, 0.2) is 48.5 Å². The molecule has 2 heterocycles. The second-order valence-electron chi connectivity index (χ2n) is 6.89. The van der Waals surface area contributed by atoms with Crippen molar-refractivity contribution in [2.75, 3.05) is 26.2 Å². The van der Waals surface area contributed by atoms with Crippen molar-refractivity contribution in [2.24, 2.45) is 0 Å².